The smallest absolute Gasteiger partial charge is 0.0626 e. The van der Waals surface area contributed by atoms with E-state index in [9.17, 15) is 5.11 Å². The van der Waals surface area contributed by atoms with Gasteiger partial charge >= 0.3 is 0 Å². The fourth-order valence-corrected chi connectivity index (χ4v) is 1.66. The molecule has 0 bridgehead atoms. The summed E-state index contributed by atoms with van der Waals surface area (Å²) in [6.45, 7) is 1.27. The van der Waals surface area contributed by atoms with Crippen molar-refractivity contribution in [2.75, 3.05) is 26.9 Å². The maximum absolute atomic E-state index is 9.26. The molecule has 0 fully saturated rings. The van der Waals surface area contributed by atoms with Gasteiger partial charge in [-0.3, -0.25) is 0 Å². The van der Waals surface area contributed by atoms with Crippen molar-refractivity contribution >= 4 is 23.2 Å². The minimum atomic E-state index is -0.148. The number of halogens is 2. The molecule has 1 rings (SSSR count). The van der Waals surface area contributed by atoms with E-state index in [0.29, 0.717) is 23.2 Å². The molecule has 1 unspecified atom stereocenters. The molecule has 0 saturated heterocycles. The minimum absolute atomic E-state index is 0.00166. The summed E-state index contributed by atoms with van der Waals surface area (Å²) in [5.41, 5.74) is 0.910. The summed E-state index contributed by atoms with van der Waals surface area (Å²) in [7, 11) is 1.63. The summed E-state index contributed by atoms with van der Waals surface area (Å²) in [5.74, 6) is 0. The molecule has 0 aliphatic rings. The molecular weight excluding hydrogens is 249 g/mol. The van der Waals surface area contributed by atoms with Gasteiger partial charge < -0.3 is 15.2 Å². The summed E-state index contributed by atoms with van der Waals surface area (Å²) in [5, 5.41) is 13.4. The molecule has 1 aromatic carbocycles. The molecule has 3 nitrogen and oxygen atoms in total. The van der Waals surface area contributed by atoms with Crippen LogP contribution in [0, 0.1) is 0 Å². The van der Waals surface area contributed by atoms with Gasteiger partial charge in [0.2, 0.25) is 0 Å². The third-order valence-electron chi connectivity index (χ3n) is 2.23. The molecule has 0 aliphatic heterocycles. The molecule has 0 heterocycles. The van der Waals surface area contributed by atoms with Crippen LogP contribution in [0.15, 0.2) is 18.2 Å². The number of benzene rings is 1. The van der Waals surface area contributed by atoms with Crippen LogP contribution in [0.1, 0.15) is 11.6 Å². The molecule has 1 atom stereocenters. The molecule has 1 aromatic rings. The Labute approximate surface area is 105 Å². The fourth-order valence-electron chi connectivity index (χ4n) is 1.35. The zero-order valence-corrected chi connectivity index (χ0v) is 10.6. The van der Waals surface area contributed by atoms with Gasteiger partial charge in [-0.1, -0.05) is 29.3 Å². The lowest BCUT2D eigenvalue weighted by Gasteiger charge is -2.17. The molecule has 0 spiro atoms. The normalized spacial score (nSPS) is 12.8. The summed E-state index contributed by atoms with van der Waals surface area (Å²) in [6.07, 6.45) is 0. The Bertz CT molecular complexity index is 334. The molecular formula is C11H15Cl2NO2. The summed E-state index contributed by atoms with van der Waals surface area (Å²) < 4.78 is 4.92. The molecule has 0 amide bonds. The van der Waals surface area contributed by atoms with E-state index < -0.39 is 0 Å². The van der Waals surface area contributed by atoms with Gasteiger partial charge in [-0.25, -0.2) is 0 Å². The van der Waals surface area contributed by atoms with Gasteiger partial charge in [0.15, 0.2) is 0 Å². The van der Waals surface area contributed by atoms with E-state index in [1.807, 2.05) is 6.07 Å². The van der Waals surface area contributed by atoms with Crippen molar-refractivity contribution in [2.24, 2.45) is 0 Å². The zero-order chi connectivity index (χ0) is 12.0. The third-order valence-corrected chi connectivity index (χ3v) is 2.96. The first-order chi connectivity index (χ1) is 7.69. The van der Waals surface area contributed by atoms with Crippen molar-refractivity contribution in [2.45, 2.75) is 6.04 Å². The standard InChI is InChI=1S/C11H15Cl2NO2/c1-16-5-4-14-11(7-15)8-2-3-9(12)10(13)6-8/h2-3,6,11,14-15H,4-5,7H2,1H3. The Kier molecular flexibility index (Phi) is 6.09. The largest absolute Gasteiger partial charge is 0.394 e. The minimum Gasteiger partial charge on any atom is -0.394 e. The van der Waals surface area contributed by atoms with Crippen LogP contribution in [0.3, 0.4) is 0 Å². The average molecular weight is 264 g/mol. The monoisotopic (exact) mass is 263 g/mol. The van der Waals surface area contributed by atoms with Crippen LogP contribution in [-0.2, 0) is 4.74 Å². The second-order valence-electron chi connectivity index (χ2n) is 3.36. The number of aliphatic hydroxyl groups is 1. The number of aliphatic hydroxyl groups excluding tert-OH is 1. The van der Waals surface area contributed by atoms with Crippen molar-refractivity contribution < 1.29 is 9.84 Å². The first-order valence-corrected chi connectivity index (χ1v) is 5.72. The molecule has 0 saturated carbocycles. The highest BCUT2D eigenvalue weighted by molar-refractivity contribution is 6.42. The van der Waals surface area contributed by atoms with Gasteiger partial charge in [-0.2, -0.15) is 0 Å². The topological polar surface area (TPSA) is 41.5 Å². The summed E-state index contributed by atoms with van der Waals surface area (Å²) >= 11 is 11.7. The van der Waals surface area contributed by atoms with Crippen LogP contribution < -0.4 is 5.32 Å². The maximum atomic E-state index is 9.26. The summed E-state index contributed by atoms with van der Waals surface area (Å²) in [6, 6.07) is 5.17. The van der Waals surface area contributed by atoms with Gasteiger partial charge in [0.05, 0.1) is 29.3 Å². The van der Waals surface area contributed by atoms with Crippen molar-refractivity contribution in [1.82, 2.24) is 5.32 Å². The molecule has 0 radical (unpaired) electrons. The highest BCUT2D eigenvalue weighted by Crippen LogP contribution is 2.25. The van der Waals surface area contributed by atoms with Crippen molar-refractivity contribution in [1.29, 1.82) is 0 Å². The number of hydrogen-bond donors (Lipinski definition) is 2. The van der Waals surface area contributed by atoms with Crippen LogP contribution in [0.25, 0.3) is 0 Å². The molecule has 90 valence electrons. The number of nitrogens with one attached hydrogen (secondary N) is 1. The number of hydrogen-bond acceptors (Lipinski definition) is 3. The lowest BCUT2D eigenvalue weighted by atomic mass is 10.1. The van der Waals surface area contributed by atoms with E-state index in [1.165, 1.54) is 0 Å². The zero-order valence-electron chi connectivity index (χ0n) is 9.04. The first kappa shape index (κ1) is 13.7. The van der Waals surface area contributed by atoms with Gasteiger partial charge in [-0.05, 0) is 17.7 Å². The summed E-state index contributed by atoms with van der Waals surface area (Å²) in [4.78, 5) is 0. The van der Waals surface area contributed by atoms with E-state index >= 15 is 0 Å². The van der Waals surface area contributed by atoms with E-state index in [0.717, 1.165) is 5.56 Å². The Hall–Kier alpha value is -0.320. The molecule has 16 heavy (non-hydrogen) atoms. The maximum Gasteiger partial charge on any atom is 0.0626 e. The van der Waals surface area contributed by atoms with Crippen LogP contribution in [-0.4, -0.2) is 32.0 Å². The number of methoxy groups -OCH3 is 1. The van der Waals surface area contributed by atoms with Gasteiger partial charge in [0, 0.05) is 13.7 Å². The Morgan fingerprint density at radius 1 is 1.38 bits per heavy atom. The van der Waals surface area contributed by atoms with E-state index in [-0.39, 0.29) is 12.6 Å². The first-order valence-electron chi connectivity index (χ1n) is 4.97. The van der Waals surface area contributed by atoms with E-state index in [4.69, 9.17) is 27.9 Å². The molecule has 2 N–H and O–H groups in total. The highest BCUT2D eigenvalue weighted by atomic mass is 35.5. The molecule has 0 aromatic heterocycles. The van der Waals surface area contributed by atoms with Crippen LogP contribution in [0.4, 0.5) is 0 Å². The SMILES string of the molecule is COCCNC(CO)c1ccc(Cl)c(Cl)c1. The van der Waals surface area contributed by atoms with Crippen LogP contribution in [0.5, 0.6) is 0 Å². The van der Waals surface area contributed by atoms with Gasteiger partial charge in [-0.15, -0.1) is 0 Å². The van der Waals surface area contributed by atoms with Crippen molar-refractivity contribution in [3.63, 3.8) is 0 Å². The Morgan fingerprint density at radius 3 is 2.69 bits per heavy atom. The quantitative estimate of drug-likeness (QED) is 0.774. The van der Waals surface area contributed by atoms with Gasteiger partial charge in [0.25, 0.3) is 0 Å². The Balaban J connectivity index is 2.67. The Morgan fingerprint density at radius 2 is 2.12 bits per heavy atom. The number of ether oxygens (including phenoxy) is 1. The predicted octanol–water partition coefficient (Wildman–Crippen LogP) is 2.26. The van der Waals surface area contributed by atoms with E-state index in [1.54, 1.807) is 19.2 Å². The van der Waals surface area contributed by atoms with Crippen LogP contribution >= 0.6 is 23.2 Å². The van der Waals surface area contributed by atoms with Crippen molar-refractivity contribution in [3.05, 3.63) is 33.8 Å². The van der Waals surface area contributed by atoms with E-state index in [2.05, 4.69) is 5.32 Å². The predicted molar refractivity (Wildman–Crippen MR) is 66.2 cm³/mol. The molecule has 0 aliphatic carbocycles. The lowest BCUT2D eigenvalue weighted by molar-refractivity contribution is 0.184. The third kappa shape index (κ3) is 3.92. The fraction of sp³-hybridized carbons (Fsp3) is 0.455. The average Bonchev–Trinajstić information content (AvgIpc) is 2.29. The lowest BCUT2D eigenvalue weighted by Crippen LogP contribution is -2.27. The second kappa shape index (κ2) is 7.09. The van der Waals surface area contributed by atoms with Crippen LogP contribution in [0.2, 0.25) is 10.0 Å². The molecule has 5 heteroatoms. The second-order valence-corrected chi connectivity index (χ2v) is 4.17. The van der Waals surface area contributed by atoms with Crippen molar-refractivity contribution in [3.8, 4) is 0 Å². The number of rotatable bonds is 6. The van der Waals surface area contributed by atoms with Gasteiger partial charge in [0.1, 0.15) is 0 Å². The highest BCUT2D eigenvalue weighted by Gasteiger charge is 2.10.